The number of sulfonamides is 1. The zero-order valence-corrected chi connectivity index (χ0v) is 18.2. The van der Waals surface area contributed by atoms with Crippen molar-refractivity contribution in [3.8, 4) is 5.75 Å². The second-order valence-electron chi connectivity index (χ2n) is 7.13. The average Bonchev–Trinajstić information content (AvgIpc) is 2.78. The predicted octanol–water partition coefficient (Wildman–Crippen LogP) is 4.50. The Labute approximate surface area is 186 Å². The topological polar surface area (TPSA) is 75.7 Å². The Morgan fingerprint density at radius 2 is 1.77 bits per heavy atom. The number of rotatable bonds is 6. The zero-order chi connectivity index (χ0) is 21.8. The van der Waals surface area contributed by atoms with Crippen LogP contribution in [0.1, 0.15) is 12.0 Å². The van der Waals surface area contributed by atoms with Gasteiger partial charge in [0.25, 0.3) is 15.9 Å². The molecule has 0 bridgehead atoms. The van der Waals surface area contributed by atoms with E-state index in [1.54, 1.807) is 66.7 Å². The van der Waals surface area contributed by atoms with Crippen LogP contribution in [-0.2, 0) is 21.2 Å². The predicted molar refractivity (Wildman–Crippen MR) is 121 cm³/mol. The molecule has 0 aliphatic carbocycles. The van der Waals surface area contributed by atoms with Crippen molar-refractivity contribution in [2.75, 3.05) is 22.8 Å². The lowest BCUT2D eigenvalue weighted by molar-refractivity contribution is -0.118. The number of anilines is 2. The van der Waals surface area contributed by atoms with Crippen molar-refractivity contribution in [2.24, 2.45) is 0 Å². The molecule has 0 spiro atoms. The molecule has 0 unspecified atom stereocenters. The molecule has 0 saturated heterocycles. The smallest absolute Gasteiger partial charge is 0.264 e. The largest absolute Gasteiger partial charge is 0.484 e. The molecule has 4 rings (SSSR count). The maximum absolute atomic E-state index is 13.1. The molecule has 3 aromatic carbocycles. The molecule has 0 radical (unpaired) electrons. The van der Waals surface area contributed by atoms with Crippen LogP contribution in [0.5, 0.6) is 5.75 Å². The van der Waals surface area contributed by atoms with Gasteiger partial charge in [-0.2, -0.15) is 0 Å². The van der Waals surface area contributed by atoms with E-state index in [2.05, 4.69) is 5.32 Å². The van der Waals surface area contributed by atoms with Gasteiger partial charge in [-0.05, 0) is 73.0 Å². The first-order chi connectivity index (χ1) is 14.9. The first-order valence-electron chi connectivity index (χ1n) is 9.82. The summed E-state index contributed by atoms with van der Waals surface area (Å²) in [6, 6.07) is 20.4. The maximum Gasteiger partial charge on any atom is 0.264 e. The van der Waals surface area contributed by atoms with Gasteiger partial charge in [-0.25, -0.2) is 8.42 Å². The second kappa shape index (κ2) is 8.99. The molecule has 1 heterocycles. The van der Waals surface area contributed by atoms with Gasteiger partial charge in [0.2, 0.25) is 0 Å². The summed E-state index contributed by atoms with van der Waals surface area (Å²) in [5.41, 5.74) is 2.12. The third-order valence-corrected chi connectivity index (χ3v) is 7.03. The number of carbonyl (C=O) groups is 1. The number of halogens is 1. The van der Waals surface area contributed by atoms with Crippen LogP contribution in [0.2, 0.25) is 5.02 Å². The van der Waals surface area contributed by atoms with Gasteiger partial charge in [0.15, 0.2) is 6.61 Å². The zero-order valence-electron chi connectivity index (χ0n) is 16.6. The van der Waals surface area contributed by atoms with Crippen LogP contribution in [0.15, 0.2) is 77.7 Å². The fourth-order valence-corrected chi connectivity index (χ4v) is 5.17. The van der Waals surface area contributed by atoms with Crippen LogP contribution in [-0.4, -0.2) is 27.5 Å². The number of ether oxygens (including phenoxy) is 1. The van der Waals surface area contributed by atoms with Gasteiger partial charge in [-0.15, -0.1) is 0 Å². The molecule has 0 fully saturated rings. The molecule has 0 saturated carbocycles. The Hall–Kier alpha value is -3.03. The highest BCUT2D eigenvalue weighted by Crippen LogP contribution is 2.33. The number of carbonyl (C=O) groups excluding carboxylic acids is 1. The number of nitrogens with zero attached hydrogens (tertiary/aromatic N) is 1. The molecular weight excluding hydrogens is 436 g/mol. The third kappa shape index (κ3) is 4.84. The second-order valence-corrected chi connectivity index (χ2v) is 9.43. The summed E-state index contributed by atoms with van der Waals surface area (Å²) >= 11 is 5.84. The van der Waals surface area contributed by atoms with E-state index in [9.17, 15) is 13.2 Å². The van der Waals surface area contributed by atoms with E-state index in [0.29, 0.717) is 35.1 Å². The lowest BCUT2D eigenvalue weighted by Gasteiger charge is -2.30. The van der Waals surface area contributed by atoms with E-state index in [-0.39, 0.29) is 17.4 Å². The molecule has 0 atom stereocenters. The van der Waals surface area contributed by atoms with Crippen molar-refractivity contribution in [1.82, 2.24) is 0 Å². The van der Waals surface area contributed by atoms with Crippen LogP contribution in [0, 0.1) is 0 Å². The molecule has 0 aromatic heterocycles. The van der Waals surface area contributed by atoms with Crippen molar-refractivity contribution in [3.05, 3.63) is 83.4 Å². The van der Waals surface area contributed by atoms with Gasteiger partial charge in [0.05, 0.1) is 10.6 Å². The van der Waals surface area contributed by atoms with E-state index in [1.165, 1.54) is 4.31 Å². The molecule has 8 heteroatoms. The minimum Gasteiger partial charge on any atom is -0.484 e. The first kappa shape index (κ1) is 21.2. The van der Waals surface area contributed by atoms with Gasteiger partial charge in [0, 0.05) is 17.3 Å². The summed E-state index contributed by atoms with van der Waals surface area (Å²) in [5.74, 6) is 0.242. The molecular formula is C23H21ClN2O4S. The lowest BCUT2D eigenvalue weighted by atomic mass is 10.0. The monoisotopic (exact) mass is 456 g/mol. The highest BCUT2D eigenvalue weighted by atomic mass is 35.5. The van der Waals surface area contributed by atoms with Gasteiger partial charge < -0.3 is 10.1 Å². The Balaban J connectivity index is 1.47. The van der Waals surface area contributed by atoms with Crippen molar-refractivity contribution in [3.63, 3.8) is 0 Å². The van der Waals surface area contributed by atoms with Crippen LogP contribution in [0.25, 0.3) is 0 Å². The summed E-state index contributed by atoms with van der Waals surface area (Å²) in [6.07, 6.45) is 1.44. The van der Waals surface area contributed by atoms with Crippen molar-refractivity contribution in [2.45, 2.75) is 17.7 Å². The SMILES string of the molecule is O=C(COc1ccc(Cl)cc1)Nc1ccc2c(c1)CCCN2S(=O)(=O)c1ccccc1. The Morgan fingerprint density at radius 3 is 2.52 bits per heavy atom. The molecule has 6 nitrogen and oxygen atoms in total. The summed E-state index contributed by atoms with van der Waals surface area (Å²) in [4.78, 5) is 12.5. The van der Waals surface area contributed by atoms with E-state index in [4.69, 9.17) is 16.3 Å². The summed E-state index contributed by atoms with van der Waals surface area (Å²) in [7, 11) is -3.64. The minimum atomic E-state index is -3.64. The number of hydrogen-bond donors (Lipinski definition) is 1. The third-order valence-electron chi connectivity index (χ3n) is 4.95. The van der Waals surface area contributed by atoms with Gasteiger partial charge in [0.1, 0.15) is 5.75 Å². The first-order valence-corrected chi connectivity index (χ1v) is 11.6. The van der Waals surface area contributed by atoms with Crippen molar-refractivity contribution >= 4 is 38.9 Å². The quantitative estimate of drug-likeness (QED) is 0.592. The number of benzene rings is 3. The number of nitrogens with one attached hydrogen (secondary N) is 1. The fourth-order valence-electron chi connectivity index (χ4n) is 3.49. The maximum atomic E-state index is 13.1. The van der Waals surface area contributed by atoms with Crippen molar-refractivity contribution in [1.29, 1.82) is 0 Å². The lowest BCUT2D eigenvalue weighted by Crippen LogP contribution is -2.35. The highest BCUT2D eigenvalue weighted by Gasteiger charge is 2.29. The molecule has 1 N–H and O–H groups in total. The van der Waals surface area contributed by atoms with E-state index in [1.807, 2.05) is 6.07 Å². The molecule has 1 aliphatic heterocycles. The molecule has 1 aliphatic rings. The molecule has 160 valence electrons. The van der Waals surface area contributed by atoms with Crippen LogP contribution in [0.3, 0.4) is 0 Å². The Bertz CT molecular complexity index is 1180. The molecule has 1 amide bonds. The van der Waals surface area contributed by atoms with Crippen LogP contribution < -0.4 is 14.4 Å². The van der Waals surface area contributed by atoms with E-state index < -0.39 is 10.0 Å². The summed E-state index contributed by atoms with van der Waals surface area (Å²) in [6.45, 7) is 0.276. The van der Waals surface area contributed by atoms with Crippen LogP contribution in [0.4, 0.5) is 11.4 Å². The number of amides is 1. The van der Waals surface area contributed by atoms with Crippen LogP contribution >= 0.6 is 11.6 Å². The summed E-state index contributed by atoms with van der Waals surface area (Å²) < 4.78 is 33.1. The molecule has 31 heavy (non-hydrogen) atoms. The number of aryl methyl sites for hydroxylation is 1. The summed E-state index contributed by atoms with van der Waals surface area (Å²) in [5, 5.41) is 3.39. The number of fused-ring (bicyclic) bond motifs is 1. The van der Waals surface area contributed by atoms with E-state index >= 15 is 0 Å². The standard InChI is InChI=1S/C23H21ClN2O4S/c24-18-8-11-20(12-9-18)30-16-23(27)25-19-10-13-22-17(15-19)5-4-14-26(22)31(28,29)21-6-2-1-3-7-21/h1-3,6-13,15H,4-5,14,16H2,(H,25,27). The fraction of sp³-hybridized carbons (Fsp3) is 0.174. The highest BCUT2D eigenvalue weighted by molar-refractivity contribution is 7.92. The van der Waals surface area contributed by atoms with Gasteiger partial charge >= 0.3 is 0 Å². The van der Waals surface area contributed by atoms with E-state index in [0.717, 1.165) is 12.0 Å². The number of hydrogen-bond acceptors (Lipinski definition) is 4. The Morgan fingerprint density at radius 1 is 1.03 bits per heavy atom. The normalized spacial score (nSPS) is 13.4. The average molecular weight is 457 g/mol. The van der Waals surface area contributed by atoms with Crippen molar-refractivity contribution < 1.29 is 17.9 Å². The Kier molecular flexibility index (Phi) is 6.15. The molecule has 3 aromatic rings. The van der Waals surface area contributed by atoms with Gasteiger partial charge in [-0.3, -0.25) is 9.10 Å². The minimum absolute atomic E-state index is 0.146. The van der Waals surface area contributed by atoms with Gasteiger partial charge in [-0.1, -0.05) is 29.8 Å².